The van der Waals surface area contributed by atoms with Gasteiger partial charge in [0.25, 0.3) is 5.91 Å². The number of carbonyl (C=O) groups excluding carboxylic acids is 2. The molecule has 2 aromatic rings. The molecule has 0 atom stereocenters. The number of Topliss-reactive ketones (excluding diaryl/α,β-unsaturated/α-hetero) is 1. The van der Waals surface area contributed by atoms with Gasteiger partial charge in [0, 0.05) is 22.3 Å². The highest BCUT2D eigenvalue weighted by Crippen LogP contribution is 2.17. The highest BCUT2D eigenvalue weighted by atomic mass is 79.9. The van der Waals surface area contributed by atoms with Crippen LogP contribution in [0.3, 0.4) is 0 Å². The van der Waals surface area contributed by atoms with E-state index < -0.39 is 0 Å². The molecule has 1 amide bonds. The van der Waals surface area contributed by atoms with E-state index in [1.165, 1.54) is 18.3 Å². The molecule has 2 rings (SSSR count). The Kier molecular flexibility index (Phi) is 3.88. The zero-order valence-corrected chi connectivity index (χ0v) is 11.8. The smallest absolute Gasteiger partial charge is 0.257 e. The molecule has 92 valence electrons. The fourth-order valence-electron chi connectivity index (χ4n) is 1.26. The summed E-state index contributed by atoms with van der Waals surface area (Å²) in [5.41, 5.74) is 0.906. The van der Waals surface area contributed by atoms with Crippen molar-refractivity contribution >= 4 is 44.1 Å². The van der Waals surface area contributed by atoms with Crippen LogP contribution in [0, 0.1) is 0 Å². The minimum Gasteiger partial charge on any atom is -0.298 e. The molecule has 0 aliphatic rings. The Morgan fingerprint density at radius 2 is 1.94 bits per heavy atom. The number of hydrogen-bond acceptors (Lipinski definition) is 4. The number of nitrogens with one attached hydrogen (secondary N) is 1. The molecule has 0 unspecified atom stereocenters. The summed E-state index contributed by atoms with van der Waals surface area (Å²) in [5.74, 6) is -0.359. The Morgan fingerprint density at radius 3 is 2.50 bits per heavy atom. The van der Waals surface area contributed by atoms with Crippen LogP contribution in [-0.4, -0.2) is 16.7 Å². The standard InChI is InChI=1S/C12H9BrN2O2S/c1-7(16)10-6-18-12(14-10)15-11(17)8-2-4-9(13)5-3-8/h2-6H,1H3,(H,14,15,17). The average molecular weight is 325 g/mol. The van der Waals surface area contributed by atoms with Crippen molar-refractivity contribution in [2.24, 2.45) is 0 Å². The van der Waals surface area contributed by atoms with Crippen molar-refractivity contribution in [2.45, 2.75) is 6.92 Å². The number of benzene rings is 1. The number of carbonyl (C=O) groups is 2. The monoisotopic (exact) mass is 324 g/mol. The van der Waals surface area contributed by atoms with Gasteiger partial charge in [0.15, 0.2) is 10.9 Å². The Labute approximate surface area is 116 Å². The summed E-state index contributed by atoms with van der Waals surface area (Å²) < 4.78 is 0.909. The maximum Gasteiger partial charge on any atom is 0.257 e. The topological polar surface area (TPSA) is 59.1 Å². The van der Waals surface area contributed by atoms with Gasteiger partial charge in [-0.05, 0) is 24.3 Å². The van der Waals surface area contributed by atoms with Crippen molar-refractivity contribution < 1.29 is 9.59 Å². The third-order valence-electron chi connectivity index (χ3n) is 2.19. The summed E-state index contributed by atoms with van der Waals surface area (Å²) >= 11 is 4.53. The Balaban J connectivity index is 2.11. The molecule has 6 heteroatoms. The highest BCUT2D eigenvalue weighted by molar-refractivity contribution is 9.10. The van der Waals surface area contributed by atoms with Crippen LogP contribution in [0.1, 0.15) is 27.8 Å². The molecule has 4 nitrogen and oxygen atoms in total. The lowest BCUT2D eigenvalue weighted by Crippen LogP contribution is -2.11. The molecule has 0 spiro atoms. The summed E-state index contributed by atoms with van der Waals surface area (Å²) in [6.07, 6.45) is 0. The zero-order chi connectivity index (χ0) is 13.1. The van der Waals surface area contributed by atoms with Gasteiger partial charge < -0.3 is 0 Å². The van der Waals surface area contributed by atoms with E-state index in [4.69, 9.17) is 0 Å². The predicted octanol–water partition coefficient (Wildman–Crippen LogP) is 3.36. The quantitative estimate of drug-likeness (QED) is 0.880. The van der Waals surface area contributed by atoms with Crippen LogP contribution in [0.2, 0.25) is 0 Å². The van der Waals surface area contributed by atoms with Gasteiger partial charge in [-0.15, -0.1) is 11.3 Å². The summed E-state index contributed by atoms with van der Waals surface area (Å²) in [6.45, 7) is 1.44. The van der Waals surface area contributed by atoms with Crippen molar-refractivity contribution in [2.75, 3.05) is 5.32 Å². The number of hydrogen-bond donors (Lipinski definition) is 1. The summed E-state index contributed by atoms with van der Waals surface area (Å²) in [4.78, 5) is 27.0. The molecule has 0 fully saturated rings. The molecule has 0 aliphatic heterocycles. The Morgan fingerprint density at radius 1 is 1.28 bits per heavy atom. The van der Waals surface area contributed by atoms with Crippen LogP contribution in [0.25, 0.3) is 0 Å². The number of amides is 1. The molecule has 0 saturated carbocycles. The number of aromatic nitrogens is 1. The van der Waals surface area contributed by atoms with Gasteiger partial charge in [-0.2, -0.15) is 0 Å². The first-order valence-electron chi connectivity index (χ1n) is 5.09. The molecule has 18 heavy (non-hydrogen) atoms. The van der Waals surface area contributed by atoms with E-state index in [1.807, 2.05) is 0 Å². The number of halogens is 1. The van der Waals surface area contributed by atoms with Crippen molar-refractivity contribution in [3.63, 3.8) is 0 Å². The lowest BCUT2D eigenvalue weighted by molar-refractivity contribution is 0.100. The minimum absolute atomic E-state index is 0.115. The van der Waals surface area contributed by atoms with Crippen LogP contribution >= 0.6 is 27.3 Å². The van der Waals surface area contributed by atoms with E-state index in [-0.39, 0.29) is 11.7 Å². The predicted molar refractivity (Wildman–Crippen MR) is 74.2 cm³/mol. The number of thiazole rings is 1. The fourth-order valence-corrected chi connectivity index (χ4v) is 2.27. The van der Waals surface area contributed by atoms with Crippen LogP contribution < -0.4 is 5.32 Å². The van der Waals surface area contributed by atoms with E-state index in [2.05, 4.69) is 26.2 Å². The number of anilines is 1. The minimum atomic E-state index is -0.244. The van der Waals surface area contributed by atoms with Crippen LogP contribution in [0.4, 0.5) is 5.13 Å². The Bertz CT molecular complexity index is 592. The first-order valence-corrected chi connectivity index (χ1v) is 6.77. The first kappa shape index (κ1) is 12.9. The van der Waals surface area contributed by atoms with E-state index >= 15 is 0 Å². The highest BCUT2D eigenvalue weighted by Gasteiger charge is 2.10. The molecule has 0 bridgehead atoms. The molecule has 0 saturated heterocycles. The first-order chi connectivity index (χ1) is 8.56. The van der Waals surface area contributed by atoms with E-state index in [0.717, 1.165) is 4.47 Å². The fraction of sp³-hybridized carbons (Fsp3) is 0.0833. The summed E-state index contributed by atoms with van der Waals surface area (Å²) in [5, 5.41) is 4.70. The molecule has 1 aromatic carbocycles. The molecule has 1 aromatic heterocycles. The lowest BCUT2D eigenvalue weighted by Gasteiger charge is -2.01. The van der Waals surface area contributed by atoms with Gasteiger partial charge in [0.2, 0.25) is 0 Å². The summed E-state index contributed by atoms with van der Waals surface area (Å²) in [6, 6.07) is 6.99. The van der Waals surface area contributed by atoms with Gasteiger partial charge >= 0.3 is 0 Å². The second-order valence-corrected chi connectivity index (χ2v) is 5.33. The van der Waals surface area contributed by atoms with Crippen molar-refractivity contribution in [3.05, 3.63) is 45.4 Å². The number of nitrogens with zero attached hydrogens (tertiary/aromatic N) is 1. The zero-order valence-electron chi connectivity index (χ0n) is 9.44. The number of rotatable bonds is 3. The van der Waals surface area contributed by atoms with Gasteiger partial charge in [0.1, 0.15) is 5.69 Å². The second-order valence-electron chi connectivity index (χ2n) is 3.56. The van der Waals surface area contributed by atoms with Crippen LogP contribution in [0.5, 0.6) is 0 Å². The van der Waals surface area contributed by atoms with Crippen molar-refractivity contribution in [3.8, 4) is 0 Å². The van der Waals surface area contributed by atoms with E-state index in [1.54, 1.807) is 29.6 Å². The molecule has 0 aliphatic carbocycles. The molecule has 1 N–H and O–H groups in total. The second kappa shape index (κ2) is 5.41. The van der Waals surface area contributed by atoms with Crippen molar-refractivity contribution in [1.29, 1.82) is 0 Å². The number of ketones is 1. The molecule has 0 radical (unpaired) electrons. The molecule has 1 heterocycles. The molecular weight excluding hydrogens is 316 g/mol. The SMILES string of the molecule is CC(=O)c1csc(NC(=O)c2ccc(Br)cc2)n1. The van der Waals surface area contributed by atoms with Crippen molar-refractivity contribution in [1.82, 2.24) is 4.98 Å². The van der Waals surface area contributed by atoms with Gasteiger partial charge in [-0.1, -0.05) is 15.9 Å². The maximum absolute atomic E-state index is 11.9. The van der Waals surface area contributed by atoms with Gasteiger partial charge in [-0.25, -0.2) is 4.98 Å². The molecular formula is C12H9BrN2O2S. The van der Waals surface area contributed by atoms with Gasteiger partial charge in [-0.3, -0.25) is 14.9 Å². The maximum atomic E-state index is 11.9. The summed E-state index contributed by atoms with van der Waals surface area (Å²) in [7, 11) is 0. The Hall–Kier alpha value is -1.53. The third-order valence-corrected chi connectivity index (χ3v) is 3.48. The lowest BCUT2D eigenvalue weighted by atomic mass is 10.2. The normalized spacial score (nSPS) is 10.1. The third kappa shape index (κ3) is 3.02. The average Bonchev–Trinajstić information content (AvgIpc) is 2.78. The van der Waals surface area contributed by atoms with E-state index in [9.17, 15) is 9.59 Å². The van der Waals surface area contributed by atoms with Crippen LogP contribution in [0.15, 0.2) is 34.1 Å². The van der Waals surface area contributed by atoms with Gasteiger partial charge in [0.05, 0.1) is 0 Å². The largest absolute Gasteiger partial charge is 0.298 e. The van der Waals surface area contributed by atoms with E-state index in [0.29, 0.717) is 16.4 Å². The van der Waals surface area contributed by atoms with Crippen LogP contribution in [-0.2, 0) is 0 Å².